The van der Waals surface area contributed by atoms with E-state index < -0.39 is 0 Å². The van der Waals surface area contributed by atoms with Crippen LogP contribution in [0.25, 0.3) is 0 Å². The van der Waals surface area contributed by atoms with Crippen LogP contribution in [0.3, 0.4) is 0 Å². The van der Waals surface area contributed by atoms with E-state index in [0.29, 0.717) is 24.5 Å². The number of nitrogens with zero attached hydrogens (tertiary/aromatic N) is 3. The number of nitrogen functional groups attached to an aromatic ring is 1. The second-order valence-corrected chi connectivity index (χ2v) is 4.92. The van der Waals surface area contributed by atoms with Gasteiger partial charge in [-0.2, -0.15) is 5.10 Å². The van der Waals surface area contributed by atoms with Crippen molar-refractivity contribution in [3.05, 3.63) is 11.9 Å². The van der Waals surface area contributed by atoms with E-state index in [1.165, 1.54) is 25.5 Å². The summed E-state index contributed by atoms with van der Waals surface area (Å²) in [6, 6.07) is 0. The van der Waals surface area contributed by atoms with Crippen LogP contribution >= 0.6 is 0 Å². The van der Waals surface area contributed by atoms with E-state index in [1.807, 2.05) is 6.92 Å². The Bertz CT molecular complexity index is 423. The average Bonchev–Trinajstić information content (AvgIpc) is 2.81. The summed E-state index contributed by atoms with van der Waals surface area (Å²) in [6.07, 6.45) is 5.39. The maximum absolute atomic E-state index is 12.1. The number of rotatable bonds is 5. The first-order valence-corrected chi connectivity index (χ1v) is 7.04. The van der Waals surface area contributed by atoms with Gasteiger partial charge in [-0.3, -0.25) is 9.48 Å². The van der Waals surface area contributed by atoms with Crippen LogP contribution in [-0.4, -0.2) is 46.8 Å². The first-order valence-electron chi connectivity index (χ1n) is 7.04. The van der Waals surface area contributed by atoms with Gasteiger partial charge in [0.2, 0.25) is 0 Å². The number of aryl methyl sites for hydroxylation is 1. The number of carbonyl (C=O) groups excluding carboxylic acids is 1. The number of nitrogens with two attached hydrogens (primary N) is 1. The molecule has 1 saturated heterocycles. The second kappa shape index (κ2) is 6.56. The lowest BCUT2D eigenvalue weighted by Gasteiger charge is -2.26. The van der Waals surface area contributed by atoms with Crippen LogP contribution in [0.15, 0.2) is 6.20 Å². The van der Waals surface area contributed by atoms with Crippen molar-refractivity contribution in [3.8, 4) is 0 Å². The lowest BCUT2D eigenvalue weighted by Crippen LogP contribution is -2.38. The summed E-state index contributed by atoms with van der Waals surface area (Å²) in [6.45, 7) is 6.44. The molecule has 0 bridgehead atoms. The molecule has 1 fully saturated rings. The summed E-state index contributed by atoms with van der Waals surface area (Å²) in [4.78, 5) is 14.5. The summed E-state index contributed by atoms with van der Waals surface area (Å²) in [7, 11) is 0. The van der Waals surface area contributed by atoms with Crippen molar-refractivity contribution in [2.45, 2.75) is 32.7 Å². The molecule has 0 unspecified atom stereocenters. The number of piperidine rings is 1. The first-order chi connectivity index (χ1) is 9.22. The normalized spacial score (nSPS) is 16.5. The van der Waals surface area contributed by atoms with Gasteiger partial charge in [0.1, 0.15) is 5.69 Å². The minimum atomic E-state index is -0.131. The Kier molecular flexibility index (Phi) is 4.79. The van der Waals surface area contributed by atoms with Crippen molar-refractivity contribution in [1.29, 1.82) is 0 Å². The van der Waals surface area contributed by atoms with Crippen LogP contribution < -0.4 is 11.1 Å². The zero-order valence-electron chi connectivity index (χ0n) is 11.6. The summed E-state index contributed by atoms with van der Waals surface area (Å²) in [5.74, 6) is -0.131. The predicted molar refractivity (Wildman–Crippen MR) is 74.9 cm³/mol. The van der Waals surface area contributed by atoms with E-state index >= 15 is 0 Å². The topological polar surface area (TPSA) is 76.2 Å². The molecular formula is C13H23N5O. The summed E-state index contributed by atoms with van der Waals surface area (Å²) < 4.78 is 1.63. The SMILES string of the molecule is CCn1ncc(N)c1C(=O)NCCN1CCCCC1. The Labute approximate surface area is 113 Å². The van der Waals surface area contributed by atoms with Gasteiger partial charge >= 0.3 is 0 Å². The second-order valence-electron chi connectivity index (χ2n) is 4.92. The van der Waals surface area contributed by atoms with Gasteiger partial charge in [0, 0.05) is 19.6 Å². The van der Waals surface area contributed by atoms with E-state index in [9.17, 15) is 4.79 Å². The van der Waals surface area contributed by atoms with E-state index in [2.05, 4.69) is 15.3 Å². The molecule has 1 aromatic rings. The molecular weight excluding hydrogens is 242 g/mol. The highest BCUT2D eigenvalue weighted by molar-refractivity contribution is 5.97. The van der Waals surface area contributed by atoms with Crippen LogP contribution in [0.1, 0.15) is 36.7 Å². The number of carbonyl (C=O) groups is 1. The molecule has 1 amide bonds. The third kappa shape index (κ3) is 3.47. The zero-order valence-corrected chi connectivity index (χ0v) is 11.6. The maximum Gasteiger partial charge on any atom is 0.271 e. The third-order valence-corrected chi connectivity index (χ3v) is 3.54. The highest BCUT2D eigenvalue weighted by Gasteiger charge is 2.16. The Morgan fingerprint density at radius 2 is 2.16 bits per heavy atom. The van der Waals surface area contributed by atoms with Crippen molar-refractivity contribution in [2.24, 2.45) is 0 Å². The van der Waals surface area contributed by atoms with Gasteiger partial charge < -0.3 is 16.0 Å². The van der Waals surface area contributed by atoms with Gasteiger partial charge in [-0.1, -0.05) is 6.42 Å². The Balaban J connectivity index is 1.82. The van der Waals surface area contributed by atoms with E-state index in [-0.39, 0.29) is 5.91 Å². The third-order valence-electron chi connectivity index (χ3n) is 3.54. The van der Waals surface area contributed by atoms with Crippen LogP contribution in [0.4, 0.5) is 5.69 Å². The molecule has 0 aliphatic carbocycles. The number of hydrogen-bond acceptors (Lipinski definition) is 4. The standard InChI is InChI=1S/C13H23N5O/c1-2-18-12(11(14)10-16-18)13(19)15-6-9-17-7-4-3-5-8-17/h10H,2-9,14H2,1H3,(H,15,19). The van der Waals surface area contributed by atoms with Crippen LogP contribution in [0.2, 0.25) is 0 Å². The van der Waals surface area contributed by atoms with E-state index in [1.54, 1.807) is 4.68 Å². The van der Waals surface area contributed by atoms with Crippen LogP contribution in [0.5, 0.6) is 0 Å². The molecule has 1 aliphatic rings. The fraction of sp³-hybridized carbons (Fsp3) is 0.692. The molecule has 2 heterocycles. The number of amides is 1. The number of nitrogens with one attached hydrogen (secondary N) is 1. The number of aromatic nitrogens is 2. The van der Waals surface area contributed by atoms with Crippen LogP contribution in [-0.2, 0) is 6.54 Å². The molecule has 3 N–H and O–H groups in total. The highest BCUT2D eigenvalue weighted by atomic mass is 16.2. The summed E-state index contributed by atoms with van der Waals surface area (Å²) in [5.41, 5.74) is 6.69. The molecule has 0 radical (unpaired) electrons. The quantitative estimate of drug-likeness (QED) is 0.821. The first kappa shape index (κ1) is 13.9. The van der Waals surface area contributed by atoms with E-state index in [0.717, 1.165) is 19.6 Å². The molecule has 2 rings (SSSR count). The lowest BCUT2D eigenvalue weighted by molar-refractivity contribution is 0.0937. The maximum atomic E-state index is 12.1. The Morgan fingerprint density at radius 1 is 1.42 bits per heavy atom. The zero-order chi connectivity index (χ0) is 13.7. The van der Waals surface area contributed by atoms with Gasteiger partial charge in [-0.05, 0) is 32.9 Å². The lowest BCUT2D eigenvalue weighted by atomic mass is 10.1. The molecule has 0 spiro atoms. The fourth-order valence-electron chi connectivity index (χ4n) is 2.48. The van der Waals surface area contributed by atoms with Crippen molar-refractivity contribution in [1.82, 2.24) is 20.0 Å². The summed E-state index contributed by atoms with van der Waals surface area (Å²) >= 11 is 0. The average molecular weight is 265 g/mol. The van der Waals surface area contributed by atoms with Crippen molar-refractivity contribution in [3.63, 3.8) is 0 Å². The molecule has 19 heavy (non-hydrogen) atoms. The number of likely N-dealkylation sites (tertiary alicyclic amines) is 1. The van der Waals surface area contributed by atoms with E-state index in [4.69, 9.17) is 5.73 Å². The van der Waals surface area contributed by atoms with Crippen molar-refractivity contribution < 1.29 is 4.79 Å². The minimum absolute atomic E-state index is 0.131. The van der Waals surface area contributed by atoms with Gasteiger partial charge in [-0.25, -0.2) is 0 Å². The van der Waals surface area contributed by atoms with Gasteiger partial charge in [0.25, 0.3) is 5.91 Å². The predicted octanol–water partition coefficient (Wildman–Crippen LogP) is 0.701. The number of hydrogen-bond donors (Lipinski definition) is 2. The van der Waals surface area contributed by atoms with Gasteiger partial charge in [0.05, 0.1) is 11.9 Å². The molecule has 106 valence electrons. The molecule has 6 nitrogen and oxygen atoms in total. The fourth-order valence-corrected chi connectivity index (χ4v) is 2.48. The molecule has 6 heteroatoms. The smallest absolute Gasteiger partial charge is 0.271 e. The largest absolute Gasteiger partial charge is 0.396 e. The molecule has 0 saturated carbocycles. The highest BCUT2D eigenvalue weighted by Crippen LogP contribution is 2.10. The number of anilines is 1. The minimum Gasteiger partial charge on any atom is -0.396 e. The molecule has 0 atom stereocenters. The van der Waals surface area contributed by atoms with Gasteiger partial charge in [-0.15, -0.1) is 0 Å². The van der Waals surface area contributed by atoms with Gasteiger partial charge in [0.15, 0.2) is 0 Å². The molecule has 0 aromatic carbocycles. The molecule has 1 aromatic heterocycles. The van der Waals surface area contributed by atoms with Crippen molar-refractivity contribution >= 4 is 11.6 Å². The monoisotopic (exact) mass is 265 g/mol. The summed E-state index contributed by atoms with van der Waals surface area (Å²) in [5, 5.41) is 7.00. The Morgan fingerprint density at radius 3 is 2.84 bits per heavy atom. The Hall–Kier alpha value is -1.56. The van der Waals surface area contributed by atoms with Crippen LogP contribution in [0, 0.1) is 0 Å². The van der Waals surface area contributed by atoms with Crippen molar-refractivity contribution in [2.75, 3.05) is 31.9 Å². The molecule has 1 aliphatic heterocycles.